The number of piperidine rings is 2. The number of benzene rings is 1. The lowest BCUT2D eigenvalue weighted by molar-refractivity contribution is -0.142. The second kappa shape index (κ2) is 12.5. The van der Waals surface area contributed by atoms with Gasteiger partial charge in [-0.1, -0.05) is 17.7 Å². The largest absolute Gasteiger partial charge is 0.436 e. The summed E-state index contributed by atoms with van der Waals surface area (Å²) in [4.78, 5) is 47.3. The highest BCUT2D eigenvalue weighted by atomic mass is 35.5. The number of nitrogens with one attached hydrogen (secondary N) is 1. The number of carbonyl (C=O) groups excluding carboxylic acids is 3. The maximum absolute atomic E-state index is 13.7. The van der Waals surface area contributed by atoms with E-state index in [2.05, 4.69) is 29.7 Å². The van der Waals surface area contributed by atoms with Crippen LogP contribution >= 0.6 is 22.9 Å². The molecule has 2 fully saturated rings. The molecule has 1 aromatic heterocycles. The first-order valence-corrected chi connectivity index (χ1v) is 15.5. The van der Waals surface area contributed by atoms with E-state index >= 15 is 0 Å². The van der Waals surface area contributed by atoms with Crippen molar-refractivity contribution in [3.05, 3.63) is 44.6 Å². The van der Waals surface area contributed by atoms with Crippen LogP contribution in [0, 0.1) is 6.92 Å². The molecule has 3 aliphatic rings. The Kier molecular flexibility index (Phi) is 8.96. The lowest BCUT2D eigenvalue weighted by atomic mass is 10.0. The summed E-state index contributed by atoms with van der Waals surface area (Å²) in [6.07, 6.45) is 1.77. The third-order valence-corrected chi connectivity index (χ3v) is 9.70. The minimum atomic E-state index is -0.972. The van der Waals surface area contributed by atoms with Gasteiger partial charge in [-0.05, 0) is 69.3 Å². The third-order valence-electron chi connectivity index (χ3n) is 8.59. The zero-order valence-corrected chi connectivity index (χ0v) is 25.5. The Bertz CT molecular complexity index is 1260. The Balaban J connectivity index is 1.24. The predicted octanol–water partition coefficient (Wildman–Crippen LogP) is 4.40. The summed E-state index contributed by atoms with van der Waals surface area (Å²) in [5.41, 5.74) is 10.1. The number of rotatable bonds is 6. The summed E-state index contributed by atoms with van der Waals surface area (Å²) in [5, 5.41) is 7.39. The number of anilines is 2. The van der Waals surface area contributed by atoms with Gasteiger partial charge in [0.25, 0.3) is 5.91 Å². The van der Waals surface area contributed by atoms with Crippen molar-refractivity contribution >= 4 is 52.3 Å². The third kappa shape index (κ3) is 6.57. The van der Waals surface area contributed by atoms with Gasteiger partial charge >= 0.3 is 12.1 Å². The lowest BCUT2D eigenvalue weighted by Crippen LogP contribution is -2.52. The van der Waals surface area contributed by atoms with Crippen LogP contribution in [0.1, 0.15) is 42.4 Å². The highest BCUT2D eigenvalue weighted by Gasteiger charge is 2.36. The van der Waals surface area contributed by atoms with E-state index in [0.29, 0.717) is 62.3 Å². The van der Waals surface area contributed by atoms with E-state index < -0.39 is 12.2 Å². The number of fused-ring (bicyclic) bond motifs is 1. The van der Waals surface area contributed by atoms with Gasteiger partial charge in [0, 0.05) is 55.6 Å². The van der Waals surface area contributed by atoms with Crippen molar-refractivity contribution in [3.8, 4) is 0 Å². The summed E-state index contributed by atoms with van der Waals surface area (Å²) in [6.45, 7) is 4.58. The van der Waals surface area contributed by atoms with Crippen LogP contribution in [0.25, 0.3) is 0 Å². The molecule has 2 aromatic rings. The standard InChI is InChI=1S/C29H39ClN6O4S/c1-18-12-19(13-23(30)26(18)31)14-25(27(37)34-8-4-21(5-9-34)33(2)3)40-29(39)35-10-6-22(7-11-35)36-15-20-16-41-17-24(20)32-28(36)38/h12-13,16-17,21-22,25H,4-11,14-15,31H2,1-3H3,(H,32,38)/t25-/m1/s1. The zero-order valence-electron chi connectivity index (χ0n) is 23.9. The van der Waals surface area contributed by atoms with Crippen LogP contribution in [0.3, 0.4) is 0 Å². The minimum absolute atomic E-state index is 0.0300. The van der Waals surface area contributed by atoms with Crippen LogP contribution in [-0.4, -0.2) is 96.1 Å². The quantitative estimate of drug-likeness (QED) is 0.474. The Morgan fingerprint density at radius 3 is 2.46 bits per heavy atom. The molecule has 0 spiro atoms. The first-order valence-electron chi connectivity index (χ1n) is 14.2. The number of aryl methyl sites for hydroxylation is 1. The molecule has 1 aromatic carbocycles. The Labute approximate surface area is 250 Å². The van der Waals surface area contributed by atoms with Gasteiger partial charge in [0.15, 0.2) is 6.10 Å². The van der Waals surface area contributed by atoms with Crippen LogP contribution < -0.4 is 11.1 Å². The first kappa shape index (κ1) is 29.5. The number of nitrogens with two attached hydrogens (primary N) is 1. The summed E-state index contributed by atoms with van der Waals surface area (Å²) >= 11 is 7.92. The van der Waals surface area contributed by atoms with E-state index in [1.807, 2.05) is 28.2 Å². The van der Waals surface area contributed by atoms with E-state index in [4.69, 9.17) is 22.1 Å². The highest BCUT2D eigenvalue weighted by molar-refractivity contribution is 7.08. The van der Waals surface area contributed by atoms with E-state index in [0.717, 1.165) is 35.2 Å². The van der Waals surface area contributed by atoms with Gasteiger partial charge in [0.2, 0.25) is 0 Å². The van der Waals surface area contributed by atoms with Crippen molar-refractivity contribution < 1.29 is 19.1 Å². The van der Waals surface area contributed by atoms with Crippen molar-refractivity contribution in [2.75, 3.05) is 51.3 Å². The number of ether oxygens (including phenoxy) is 1. The van der Waals surface area contributed by atoms with Crippen molar-refractivity contribution in [2.45, 2.75) is 63.8 Å². The monoisotopic (exact) mass is 602 g/mol. The van der Waals surface area contributed by atoms with Gasteiger partial charge in [-0.2, -0.15) is 0 Å². The number of amides is 4. The van der Waals surface area contributed by atoms with Crippen LogP contribution in [0.15, 0.2) is 22.9 Å². The molecule has 1 atom stereocenters. The topological polar surface area (TPSA) is 111 Å². The smallest absolute Gasteiger partial charge is 0.410 e. The molecule has 4 heterocycles. The number of likely N-dealkylation sites (tertiary alicyclic amines) is 2. The fraction of sp³-hybridized carbons (Fsp3) is 0.552. The van der Waals surface area contributed by atoms with Gasteiger partial charge in [-0.25, -0.2) is 9.59 Å². The summed E-state index contributed by atoms with van der Waals surface area (Å²) < 4.78 is 5.95. The SMILES string of the molecule is Cc1cc(C[C@@H](OC(=O)N2CCC(N3Cc4cscc4NC3=O)CC2)C(=O)N2CCC(N(C)C)CC2)cc(Cl)c1N. The van der Waals surface area contributed by atoms with E-state index in [1.165, 1.54) is 0 Å². The number of carbonyl (C=O) groups is 3. The molecule has 5 rings (SSSR count). The molecule has 41 heavy (non-hydrogen) atoms. The number of hydrogen-bond donors (Lipinski definition) is 2. The molecule has 10 nitrogen and oxygen atoms in total. The number of halogens is 1. The predicted molar refractivity (Wildman–Crippen MR) is 161 cm³/mol. The molecule has 4 amide bonds. The second-order valence-electron chi connectivity index (χ2n) is 11.5. The molecular weight excluding hydrogens is 564 g/mol. The normalized spacial score (nSPS) is 19.2. The molecule has 3 N–H and O–H groups in total. The van der Waals surface area contributed by atoms with E-state index in [9.17, 15) is 14.4 Å². The number of thiophene rings is 1. The average Bonchev–Trinajstić information content (AvgIpc) is 3.42. The molecule has 0 unspecified atom stereocenters. The Morgan fingerprint density at radius 2 is 1.80 bits per heavy atom. The molecule has 0 aliphatic carbocycles. The van der Waals surface area contributed by atoms with Crippen LogP contribution in [0.4, 0.5) is 21.0 Å². The fourth-order valence-corrected chi connectivity index (χ4v) is 7.06. The van der Waals surface area contributed by atoms with Gasteiger partial charge in [-0.3, -0.25) is 4.79 Å². The molecule has 2 saturated heterocycles. The lowest BCUT2D eigenvalue weighted by Gasteiger charge is -2.40. The molecule has 222 valence electrons. The minimum Gasteiger partial charge on any atom is -0.436 e. The first-order chi connectivity index (χ1) is 19.6. The van der Waals surface area contributed by atoms with Crippen LogP contribution in [0.2, 0.25) is 5.02 Å². The van der Waals surface area contributed by atoms with E-state index in [1.54, 1.807) is 22.3 Å². The van der Waals surface area contributed by atoms with Crippen molar-refractivity contribution in [2.24, 2.45) is 0 Å². The summed E-state index contributed by atoms with van der Waals surface area (Å²) in [5.74, 6) is -0.187. The molecule has 3 aliphatic heterocycles. The number of urea groups is 1. The van der Waals surface area contributed by atoms with Gasteiger partial charge in [-0.15, -0.1) is 11.3 Å². The molecular formula is C29H39ClN6O4S. The summed E-state index contributed by atoms with van der Waals surface area (Å²) in [6, 6.07) is 3.99. The Hall–Kier alpha value is -3.02. The molecule has 0 saturated carbocycles. The second-order valence-corrected chi connectivity index (χ2v) is 12.6. The van der Waals surface area contributed by atoms with Gasteiger partial charge < -0.3 is 35.4 Å². The maximum atomic E-state index is 13.7. The van der Waals surface area contributed by atoms with Gasteiger partial charge in [0.1, 0.15) is 0 Å². The zero-order chi connectivity index (χ0) is 29.3. The number of hydrogen-bond acceptors (Lipinski definition) is 7. The van der Waals surface area contributed by atoms with Crippen molar-refractivity contribution in [1.29, 1.82) is 0 Å². The molecule has 12 heteroatoms. The van der Waals surface area contributed by atoms with Crippen LogP contribution in [0.5, 0.6) is 0 Å². The highest BCUT2D eigenvalue weighted by Crippen LogP contribution is 2.31. The average molecular weight is 603 g/mol. The van der Waals surface area contributed by atoms with Crippen LogP contribution in [-0.2, 0) is 22.5 Å². The van der Waals surface area contributed by atoms with Crippen molar-refractivity contribution in [3.63, 3.8) is 0 Å². The molecule has 0 radical (unpaired) electrons. The van der Waals surface area contributed by atoms with E-state index in [-0.39, 0.29) is 24.4 Å². The van der Waals surface area contributed by atoms with Gasteiger partial charge in [0.05, 0.1) is 22.9 Å². The maximum Gasteiger partial charge on any atom is 0.410 e. The number of nitrogen functional groups attached to an aromatic ring is 1. The fourth-order valence-electron chi connectivity index (χ4n) is 5.99. The Morgan fingerprint density at radius 1 is 1.12 bits per heavy atom. The summed E-state index contributed by atoms with van der Waals surface area (Å²) in [7, 11) is 4.11. The molecule has 0 bridgehead atoms. The van der Waals surface area contributed by atoms with Crippen molar-refractivity contribution in [1.82, 2.24) is 19.6 Å². The number of nitrogens with zero attached hydrogens (tertiary/aromatic N) is 4.